The monoisotopic (exact) mass is 250 g/mol. The minimum Gasteiger partial charge on any atom is -0.497 e. The molecule has 1 aromatic carbocycles. The van der Waals surface area contributed by atoms with Crippen LogP contribution < -0.4 is 15.8 Å². The standard InChI is InChI=1S/C14H22N2O2/c1-9(2)13(15)14(17)16-10(3)11-6-5-7-12(8-11)18-4/h5-10,13H,15H2,1-4H3,(H,16,17)/t10?,13-/m0/s1. The molecular weight excluding hydrogens is 228 g/mol. The minimum absolute atomic E-state index is 0.0857. The highest BCUT2D eigenvalue weighted by molar-refractivity contribution is 5.82. The maximum atomic E-state index is 11.9. The Morgan fingerprint density at radius 1 is 1.33 bits per heavy atom. The molecule has 0 saturated heterocycles. The van der Waals surface area contributed by atoms with E-state index in [1.807, 2.05) is 45.0 Å². The fraction of sp³-hybridized carbons (Fsp3) is 0.500. The van der Waals surface area contributed by atoms with Gasteiger partial charge in [0.05, 0.1) is 19.2 Å². The van der Waals surface area contributed by atoms with E-state index in [1.54, 1.807) is 7.11 Å². The summed E-state index contributed by atoms with van der Waals surface area (Å²) in [7, 11) is 1.62. The van der Waals surface area contributed by atoms with Gasteiger partial charge in [0.15, 0.2) is 0 Å². The smallest absolute Gasteiger partial charge is 0.237 e. The van der Waals surface area contributed by atoms with E-state index in [9.17, 15) is 4.79 Å². The van der Waals surface area contributed by atoms with Crippen LogP contribution in [0, 0.1) is 5.92 Å². The van der Waals surface area contributed by atoms with Crippen LogP contribution in [0.3, 0.4) is 0 Å². The van der Waals surface area contributed by atoms with Crippen LogP contribution in [-0.4, -0.2) is 19.1 Å². The SMILES string of the molecule is COc1cccc(C(C)NC(=O)[C@@H](N)C(C)C)c1. The Morgan fingerprint density at radius 3 is 2.56 bits per heavy atom. The molecule has 1 unspecified atom stereocenters. The summed E-state index contributed by atoms with van der Waals surface area (Å²) in [5, 5.41) is 2.91. The summed E-state index contributed by atoms with van der Waals surface area (Å²) in [5.74, 6) is 0.782. The number of hydrogen-bond acceptors (Lipinski definition) is 3. The predicted octanol–water partition coefficient (Wildman–Crippen LogP) is 1.86. The van der Waals surface area contributed by atoms with E-state index in [2.05, 4.69) is 5.32 Å². The zero-order valence-electron chi connectivity index (χ0n) is 11.4. The highest BCUT2D eigenvalue weighted by Crippen LogP contribution is 2.18. The van der Waals surface area contributed by atoms with Crippen molar-refractivity contribution in [2.24, 2.45) is 11.7 Å². The first-order valence-electron chi connectivity index (χ1n) is 6.15. The lowest BCUT2D eigenvalue weighted by Gasteiger charge is -2.20. The van der Waals surface area contributed by atoms with Gasteiger partial charge in [0, 0.05) is 0 Å². The lowest BCUT2D eigenvalue weighted by atomic mass is 10.0. The largest absolute Gasteiger partial charge is 0.497 e. The Labute approximate surface area is 109 Å². The van der Waals surface area contributed by atoms with Crippen LogP contribution in [0.4, 0.5) is 0 Å². The van der Waals surface area contributed by atoms with Crippen molar-refractivity contribution in [2.45, 2.75) is 32.9 Å². The molecule has 0 radical (unpaired) electrons. The number of carbonyl (C=O) groups excluding carboxylic acids is 1. The van der Waals surface area contributed by atoms with E-state index in [4.69, 9.17) is 10.5 Å². The summed E-state index contributed by atoms with van der Waals surface area (Å²) in [4.78, 5) is 11.9. The van der Waals surface area contributed by atoms with Gasteiger partial charge in [0.2, 0.25) is 5.91 Å². The summed E-state index contributed by atoms with van der Waals surface area (Å²) >= 11 is 0. The second-order valence-electron chi connectivity index (χ2n) is 4.78. The van der Waals surface area contributed by atoms with Gasteiger partial charge in [-0.15, -0.1) is 0 Å². The minimum atomic E-state index is -0.474. The number of rotatable bonds is 5. The van der Waals surface area contributed by atoms with E-state index in [0.29, 0.717) is 0 Å². The van der Waals surface area contributed by atoms with Crippen molar-refractivity contribution in [3.05, 3.63) is 29.8 Å². The van der Waals surface area contributed by atoms with Crippen molar-refractivity contribution in [3.63, 3.8) is 0 Å². The molecule has 1 rings (SSSR count). The molecule has 0 aromatic heterocycles. The molecule has 4 nitrogen and oxygen atoms in total. The number of ether oxygens (including phenoxy) is 1. The second kappa shape index (κ2) is 6.40. The molecule has 2 atom stereocenters. The summed E-state index contributed by atoms with van der Waals surface area (Å²) in [6, 6.07) is 7.08. The van der Waals surface area contributed by atoms with Crippen LogP contribution in [-0.2, 0) is 4.79 Å². The van der Waals surface area contributed by atoms with Gasteiger partial charge in [0.1, 0.15) is 5.75 Å². The first-order chi connectivity index (χ1) is 8.45. The normalized spacial score (nSPS) is 14.1. The summed E-state index contributed by atoms with van der Waals surface area (Å²) in [5.41, 5.74) is 6.80. The van der Waals surface area contributed by atoms with Crippen molar-refractivity contribution in [1.82, 2.24) is 5.32 Å². The number of benzene rings is 1. The second-order valence-corrected chi connectivity index (χ2v) is 4.78. The van der Waals surface area contributed by atoms with Crippen LogP contribution in [0.1, 0.15) is 32.4 Å². The predicted molar refractivity (Wildman–Crippen MR) is 72.4 cm³/mol. The van der Waals surface area contributed by atoms with Crippen molar-refractivity contribution < 1.29 is 9.53 Å². The van der Waals surface area contributed by atoms with Crippen molar-refractivity contribution in [1.29, 1.82) is 0 Å². The Hall–Kier alpha value is -1.55. The van der Waals surface area contributed by atoms with Gasteiger partial charge in [-0.2, -0.15) is 0 Å². The number of amides is 1. The van der Waals surface area contributed by atoms with Crippen molar-refractivity contribution in [3.8, 4) is 5.75 Å². The molecule has 3 N–H and O–H groups in total. The fourth-order valence-electron chi connectivity index (χ4n) is 1.61. The van der Waals surface area contributed by atoms with E-state index in [0.717, 1.165) is 11.3 Å². The molecule has 0 aliphatic carbocycles. The molecule has 0 bridgehead atoms. The first-order valence-corrected chi connectivity index (χ1v) is 6.15. The van der Waals surface area contributed by atoms with Crippen molar-refractivity contribution in [2.75, 3.05) is 7.11 Å². The Balaban J connectivity index is 2.70. The Morgan fingerprint density at radius 2 is 2.00 bits per heavy atom. The average molecular weight is 250 g/mol. The van der Waals surface area contributed by atoms with E-state index < -0.39 is 6.04 Å². The molecule has 0 heterocycles. The average Bonchev–Trinajstić information content (AvgIpc) is 2.37. The van der Waals surface area contributed by atoms with Gasteiger partial charge in [-0.25, -0.2) is 0 Å². The van der Waals surface area contributed by atoms with Gasteiger partial charge in [-0.3, -0.25) is 4.79 Å². The van der Waals surface area contributed by atoms with Gasteiger partial charge in [0.25, 0.3) is 0 Å². The van der Waals surface area contributed by atoms with Gasteiger partial charge < -0.3 is 15.8 Å². The molecule has 0 aliphatic rings. The van der Waals surface area contributed by atoms with Crippen LogP contribution in [0.15, 0.2) is 24.3 Å². The quantitative estimate of drug-likeness (QED) is 0.838. The molecule has 0 fully saturated rings. The number of nitrogens with one attached hydrogen (secondary N) is 1. The molecule has 4 heteroatoms. The first kappa shape index (κ1) is 14.5. The van der Waals surface area contributed by atoms with Crippen molar-refractivity contribution >= 4 is 5.91 Å². The Bertz CT molecular complexity index is 405. The molecule has 1 amide bonds. The molecule has 0 aliphatic heterocycles. The maximum Gasteiger partial charge on any atom is 0.237 e. The summed E-state index contributed by atoms with van der Waals surface area (Å²) in [6.07, 6.45) is 0. The third-order valence-electron chi connectivity index (χ3n) is 2.97. The van der Waals surface area contributed by atoms with Crippen LogP contribution in [0.2, 0.25) is 0 Å². The van der Waals surface area contributed by atoms with E-state index in [-0.39, 0.29) is 17.9 Å². The molecule has 1 aromatic rings. The van der Waals surface area contributed by atoms with Gasteiger partial charge >= 0.3 is 0 Å². The lowest BCUT2D eigenvalue weighted by Crippen LogP contribution is -2.44. The van der Waals surface area contributed by atoms with Gasteiger partial charge in [-0.1, -0.05) is 26.0 Å². The maximum absolute atomic E-state index is 11.9. The third kappa shape index (κ3) is 3.74. The molecule has 100 valence electrons. The third-order valence-corrected chi connectivity index (χ3v) is 2.97. The zero-order chi connectivity index (χ0) is 13.7. The van der Waals surface area contributed by atoms with E-state index in [1.165, 1.54) is 0 Å². The topological polar surface area (TPSA) is 64.3 Å². The van der Waals surface area contributed by atoms with Crippen LogP contribution >= 0.6 is 0 Å². The lowest BCUT2D eigenvalue weighted by molar-refractivity contribution is -0.123. The van der Waals surface area contributed by atoms with E-state index >= 15 is 0 Å². The van der Waals surface area contributed by atoms with Crippen LogP contribution in [0.5, 0.6) is 5.75 Å². The number of nitrogens with two attached hydrogens (primary N) is 1. The summed E-state index contributed by atoms with van der Waals surface area (Å²) < 4.78 is 5.16. The zero-order valence-corrected chi connectivity index (χ0v) is 11.4. The molecular formula is C14H22N2O2. The number of carbonyl (C=O) groups is 1. The van der Waals surface area contributed by atoms with Crippen LogP contribution in [0.25, 0.3) is 0 Å². The number of hydrogen-bond donors (Lipinski definition) is 2. The molecule has 0 saturated carbocycles. The molecule has 18 heavy (non-hydrogen) atoms. The summed E-state index contributed by atoms with van der Waals surface area (Å²) in [6.45, 7) is 5.79. The number of methoxy groups -OCH3 is 1. The van der Waals surface area contributed by atoms with Gasteiger partial charge in [-0.05, 0) is 30.5 Å². The molecule has 0 spiro atoms. The highest BCUT2D eigenvalue weighted by Gasteiger charge is 2.19. The highest BCUT2D eigenvalue weighted by atomic mass is 16.5. The fourth-order valence-corrected chi connectivity index (χ4v) is 1.61. The Kier molecular flexibility index (Phi) is 5.16.